The van der Waals surface area contributed by atoms with E-state index in [2.05, 4.69) is 38.0 Å². The van der Waals surface area contributed by atoms with Crippen LogP contribution < -0.4 is 19.8 Å². The van der Waals surface area contributed by atoms with Crippen LogP contribution in [0.4, 0.5) is 23.1 Å². The second-order valence-electron chi connectivity index (χ2n) is 10.4. The smallest absolute Gasteiger partial charge is 0.258 e. The molecule has 1 unspecified atom stereocenters. The lowest BCUT2D eigenvalue weighted by molar-refractivity contribution is 0.0526. The van der Waals surface area contributed by atoms with E-state index in [-0.39, 0.29) is 12.0 Å². The monoisotopic (exact) mass is 548 g/mol. The van der Waals surface area contributed by atoms with Crippen molar-refractivity contribution in [1.29, 1.82) is 0 Å². The minimum absolute atomic E-state index is 0.0732. The number of nitrogens with one attached hydrogen (secondary N) is 2. The average molecular weight is 549 g/mol. The van der Waals surface area contributed by atoms with Gasteiger partial charge in [0.05, 0.1) is 50.1 Å². The van der Waals surface area contributed by atoms with Gasteiger partial charge in [-0.1, -0.05) is 13.1 Å². The lowest BCUT2D eigenvalue weighted by Crippen LogP contribution is -2.43. The molecular formula is C24H36N6O5SSi. The van der Waals surface area contributed by atoms with Crippen LogP contribution in [-0.2, 0) is 14.8 Å². The van der Waals surface area contributed by atoms with Gasteiger partial charge in [-0.05, 0) is 43.3 Å². The predicted octanol–water partition coefficient (Wildman–Crippen LogP) is 2.22. The number of aliphatic hydroxyl groups is 1. The molecule has 3 heterocycles. The molecule has 1 atom stereocenters. The Hall–Kier alpha value is -2.74. The average Bonchev–Trinajstić information content (AvgIpc) is 2.84. The molecule has 11 nitrogen and oxygen atoms in total. The zero-order chi connectivity index (χ0) is 26.6. The molecule has 1 amide bonds. The second-order valence-corrected chi connectivity index (χ2v) is 17.5. The van der Waals surface area contributed by atoms with E-state index in [1.807, 2.05) is 11.8 Å². The quantitative estimate of drug-likeness (QED) is 0.424. The molecule has 2 aliphatic rings. The van der Waals surface area contributed by atoms with Gasteiger partial charge in [0.15, 0.2) is 0 Å². The lowest BCUT2D eigenvalue weighted by atomic mass is 10.1. The van der Waals surface area contributed by atoms with Crippen LogP contribution in [-0.4, -0.2) is 88.7 Å². The lowest BCUT2D eigenvalue weighted by Gasteiger charge is -2.38. The highest BCUT2D eigenvalue weighted by Crippen LogP contribution is 2.32. The van der Waals surface area contributed by atoms with Crippen molar-refractivity contribution in [3.05, 3.63) is 36.0 Å². The van der Waals surface area contributed by atoms with E-state index in [1.165, 1.54) is 0 Å². The van der Waals surface area contributed by atoms with E-state index in [0.717, 1.165) is 25.2 Å². The van der Waals surface area contributed by atoms with Crippen molar-refractivity contribution < 1.29 is 23.1 Å². The van der Waals surface area contributed by atoms with Crippen molar-refractivity contribution in [2.45, 2.75) is 38.2 Å². The van der Waals surface area contributed by atoms with Crippen molar-refractivity contribution in [3.63, 3.8) is 0 Å². The summed E-state index contributed by atoms with van der Waals surface area (Å²) in [5, 5.41) is 12.0. The SMILES string of the molecule is CC1CN(c2nccc(NC(=O)c3ccc(NS(=O)(=O)CCO)cc3N3CC[Si](C)(C)CC3)n2)CCO1. The number of morpholine rings is 1. The number of aliphatic hydroxyl groups excluding tert-OH is 1. The van der Waals surface area contributed by atoms with E-state index >= 15 is 0 Å². The summed E-state index contributed by atoms with van der Waals surface area (Å²) in [6.45, 7) is 9.79. The van der Waals surface area contributed by atoms with Gasteiger partial charge in [-0.2, -0.15) is 4.98 Å². The molecule has 2 aliphatic heterocycles. The molecule has 202 valence electrons. The Labute approximate surface area is 219 Å². The van der Waals surface area contributed by atoms with Gasteiger partial charge in [-0.3, -0.25) is 9.52 Å². The number of hydrogen-bond donors (Lipinski definition) is 3. The third kappa shape index (κ3) is 7.18. The Morgan fingerprint density at radius 3 is 2.65 bits per heavy atom. The van der Waals surface area contributed by atoms with Crippen LogP contribution >= 0.6 is 0 Å². The zero-order valence-corrected chi connectivity index (χ0v) is 23.4. The van der Waals surface area contributed by atoms with Gasteiger partial charge in [0.2, 0.25) is 16.0 Å². The molecule has 1 aromatic carbocycles. The first-order valence-electron chi connectivity index (χ1n) is 12.6. The van der Waals surface area contributed by atoms with Gasteiger partial charge in [0, 0.05) is 32.4 Å². The van der Waals surface area contributed by atoms with E-state index < -0.39 is 30.5 Å². The van der Waals surface area contributed by atoms with Crippen LogP contribution in [0.1, 0.15) is 17.3 Å². The number of hydrogen-bond acceptors (Lipinski definition) is 9. The van der Waals surface area contributed by atoms with Crippen LogP contribution in [0, 0.1) is 0 Å². The van der Waals surface area contributed by atoms with Crippen molar-refractivity contribution in [2.75, 3.05) is 65.0 Å². The normalized spacial score (nSPS) is 19.9. The summed E-state index contributed by atoms with van der Waals surface area (Å²) in [5.41, 5.74) is 1.46. The molecule has 4 rings (SSSR count). The van der Waals surface area contributed by atoms with Gasteiger partial charge in [0.1, 0.15) is 5.82 Å². The van der Waals surface area contributed by atoms with Gasteiger partial charge >= 0.3 is 0 Å². The molecule has 2 fully saturated rings. The van der Waals surface area contributed by atoms with Crippen LogP contribution in [0.25, 0.3) is 0 Å². The largest absolute Gasteiger partial charge is 0.395 e. The summed E-state index contributed by atoms with van der Waals surface area (Å²) in [6, 6.07) is 8.71. The fraction of sp³-hybridized carbons (Fsp3) is 0.542. The number of nitrogens with zero attached hydrogens (tertiary/aromatic N) is 4. The molecule has 1 aromatic heterocycles. The van der Waals surface area contributed by atoms with Gasteiger partial charge in [-0.15, -0.1) is 0 Å². The molecule has 3 N–H and O–H groups in total. The highest BCUT2D eigenvalue weighted by atomic mass is 32.2. The van der Waals surface area contributed by atoms with Crippen LogP contribution in [0.2, 0.25) is 25.2 Å². The number of anilines is 4. The Morgan fingerprint density at radius 2 is 1.95 bits per heavy atom. The molecule has 13 heteroatoms. The maximum absolute atomic E-state index is 13.4. The fourth-order valence-electron chi connectivity index (χ4n) is 4.51. The number of amides is 1. The standard InChI is InChI=1S/C24H36N6O5SSi/c1-18-17-30(8-12-35-18)24-25-7-6-22(27-24)26-23(32)20-5-4-19(28-36(33,34)13-11-31)16-21(20)29-9-14-37(2,3)15-10-29/h4-7,16,18,28,31H,8-15,17H2,1-3H3,(H,25,26,27,32). The molecule has 0 aliphatic carbocycles. The highest BCUT2D eigenvalue weighted by Gasteiger charge is 2.29. The van der Waals surface area contributed by atoms with E-state index in [1.54, 1.807) is 30.5 Å². The second kappa shape index (κ2) is 11.3. The van der Waals surface area contributed by atoms with Crippen LogP contribution in [0.5, 0.6) is 0 Å². The third-order valence-corrected chi connectivity index (χ3v) is 11.2. The summed E-state index contributed by atoms with van der Waals surface area (Å²) < 4.78 is 32.6. The van der Waals surface area contributed by atoms with E-state index in [9.17, 15) is 13.2 Å². The minimum atomic E-state index is -3.69. The summed E-state index contributed by atoms with van der Waals surface area (Å²) >= 11 is 0. The predicted molar refractivity (Wildman–Crippen MR) is 148 cm³/mol. The Bertz CT molecular complexity index is 1220. The highest BCUT2D eigenvalue weighted by molar-refractivity contribution is 7.92. The van der Waals surface area contributed by atoms with Crippen molar-refractivity contribution in [2.24, 2.45) is 0 Å². The first-order chi connectivity index (χ1) is 17.5. The molecule has 37 heavy (non-hydrogen) atoms. The van der Waals surface area contributed by atoms with Crippen molar-refractivity contribution in [3.8, 4) is 0 Å². The van der Waals surface area contributed by atoms with Gasteiger partial charge in [-0.25, -0.2) is 13.4 Å². The zero-order valence-electron chi connectivity index (χ0n) is 21.6. The molecule has 2 saturated heterocycles. The Kier molecular flexibility index (Phi) is 8.36. The maximum Gasteiger partial charge on any atom is 0.258 e. The van der Waals surface area contributed by atoms with Gasteiger partial charge < -0.3 is 25.0 Å². The first kappa shape index (κ1) is 27.3. The Morgan fingerprint density at radius 1 is 1.19 bits per heavy atom. The maximum atomic E-state index is 13.4. The third-order valence-electron chi connectivity index (χ3n) is 6.74. The summed E-state index contributed by atoms with van der Waals surface area (Å²) in [4.78, 5) is 26.5. The number of rotatable bonds is 8. The Balaban J connectivity index is 1.58. The van der Waals surface area contributed by atoms with Crippen LogP contribution in [0.3, 0.4) is 0 Å². The summed E-state index contributed by atoms with van der Waals surface area (Å²) in [5.74, 6) is 0.193. The van der Waals surface area contributed by atoms with Gasteiger partial charge in [0.25, 0.3) is 5.91 Å². The molecule has 0 saturated carbocycles. The summed E-state index contributed by atoms with van der Waals surface area (Å²) in [7, 11) is -4.97. The molecule has 0 bridgehead atoms. The van der Waals surface area contributed by atoms with E-state index in [0.29, 0.717) is 48.4 Å². The van der Waals surface area contributed by atoms with Crippen molar-refractivity contribution in [1.82, 2.24) is 9.97 Å². The fourth-order valence-corrected chi connectivity index (χ4v) is 7.34. The number of benzene rings is 1. The first-order valence-corrected chi connectivity index (χ1v) is 17.6. The number of aromatic nitrogens is 2. The number of ether oxygens (including phenoxy) is 1. The number of carbonyl (C=O) groups excluding carboxylic acids is 1. The molecule has 0 radical (unpaired) electrons. The van der Waals surface area contributed by atoms with E-state index in [4.69, 9.17) is 9.84 Å². The molecule has 0 spiro atoms. The molecular weight excluding hydrogens is 512 g/mol. The number of carbonyl (C=O) groups is 1. The van der Waals surface area contributed by atoms with Crippen LogP contribution in [0.15, 0.2) is 30.5 Å². The summed E-state index contributed by atoms with van der Waals surface area (Å²) in [6.07, 6.45) is 1.69. The van der Waals surface area contributed by atoms with Crippen molar-refractivity contribution >= 4 is 47.1 Å². The minimum Gasteiger partial charge on any atom is -0.395 e. The number of sulfonamides is 1. The topological polar surface area (TPSA) is 137 Å². The molecule has 2 aromatic rings.